The van der Waals surface area contributed by atoms with Crippen LogP contribution in [0.3, 0.4) is 0 Å². The monoisotopic (exact) mass is 436 g/mol. The van der Waals surface area contributed by atoms with Gasteiger partial charge >= 0.3 is 0 Å². The summed E-state index contributed by atoms with van der Waals surface area (Å²) in [5.41, 5.74) is 6.72. The summed E-state index contributed by atoms with van der Waals surface area (Å²) in [6, 6.07) is 18.7. The van der Waals surface area contributed by atoms with E-state index in [0.717, 1.165) is 33.5 Å². The number of amides is 1. The van der Waals surface area contributed by atoms with Gasteiger partial charge in [0.2, 0.25) is 10.0 Å². The average Bonchev–Trinajstić information content (AvgIpc) is 2.70. The highest BCUT2D eigenvalue weighted by Crippen LogP contribution is 2.26. The second kappa shape index (κ2) is 8.94. The molecule has 0 saturated carbocycles. The zero-order chi connectivity index (χ0) is 22.8. The van der Waals surface area contributed by atoms with E-state index in [1.54, 1.807) is 24.3 Å². The molecule has 0 aliphatic heterocycles. The van der Waals surface area contributed by atoms with E-state index >= 15 is 0 Å². The van der Waals surface area contributed by atoms with Gasteiger partial charge in [-0.05, 0) is 79.8 Å². The molecule has 5 nitrogen and oxygen atoms in total. The van der Waals surface area contributed by atoms with Gasteiger partial charge in [-0.3, -0.25) is 9.10 Å². The fraction of sp³-hybridized carbons (Fsp3) is 0.240. The normalized spacial score (nSPS) is 11.3. The van der Waals surface area contributed by atoms with Crippen molar-refractivity contribution in [2.45, 2.75) is 34.2 Å². The SMILES string of the molecule is Cc1ccc(C)c(NC(=O)c2ccc(CN(c3cc(C)ccc3C)S(C)(=O)=O)cc2)c1. The third kappa shape index (κ3) is 5.52. The highest BCUT2D eigenvalue weighted by atomic mass is 32.2. The van der Waals surface area contributed by atoms with Gasteiger partial charge < -0.3 is 5.32 Å². The van der Waals surface area contributed by atoms with Crippen LogP contribution in [-0.2, 0) is 16.6 Å². The molecule has 0 aliphatic rings. The third-order valence-electron chi connectivity index (χ3n) is 5.22. The van der Waals surface area contributed by atoms with Crippen molar-refractivity contribution in [1.82, 2.24) is 0 Å². The number of hydrogen-bond acceptors (Lipinski definition) is 3. The van der Waals surface area contributed by atoms with Crippen molar-refractivity contribution in [3.05, 3.63) is 94.0 Å². The molecule has 162 valence electrons. The molecule has 0 atom stereocenters. The van der Waals surface area contributed by atoms with Gasteiger partial charge in [0.1, 0.15) is 0 Å². The summed E-state index contributed by atoms with van der Waals surface area (Å²) in [6.07, 6.45) is 1.21. The molecule has 0 heterocycles. The number of rotatable bonds is 6. The van der Waals surface area contributed by atoms with E-state index in [9.17, 15) is 13.2 Å². The Kier molecular flexibility index (Phi) is 6.51. The van der Waals surface area contributed by atoms with E-state index in [1.807, 2.05) is 64.1 Å². The van der Waals surface area contributed by atoms with E-state index in [1.165, 1.54) is 10.6 Å². The standard InChI is InChI=1S/C25H28N2O3S/c1-17-6-8-19(3)23(14-17)26-25(28)22-12-10-21(11-13-22)16-27(31(5,29)30)24-15-18(2)7-9-20(24)4/h6-15H,16H2,1-5H3,(H,26,28). The Labute approximate surface area is 184 Å². The second-order valence-corrected chi connectivity index (χ2v) is 9.94. The molecule has 6 heteroatoms. The van der Waals surface area contributed by atoms with Gasteiger partial charge in [0.05, 0.1) is 18.5 Å². The van der Waals surface area contributed by atoms with Crippen LogP contribution in [0.2, 0.25) is 0 Å². The van der Waals surface area contributed by atoms with Crippen LogP contribution < -0.4 is 9.62 Å². The van der Waals surface area contributed by atoms with Crippen LogP contribution in [-0.4, -0.2) is 20.6 Å². The van der Waals surface area contributed by atoms with Gasteiger partial charge in [-0.2, -0.15) is 0 Å². The number of nitrogens with one attached hydrogen (secondary N) is 1. The van der Waals surface area contributed by atoms with Gasteiger partial charge in [-0.1, -0.05) is 36.4 Å². The highest BCUT2D eigenvalue weighted by molar-refractivity contribution is 7.92. The summed E-state index contributed by atoms with van der Waals surface area (Å²) >= 11 is 0. The molecule has 1 N–H and O–H groups in total. The van der Waals surface area contributed by atoms with E-state index in [2.05, 4.69) is 5.32 Å². The van der Waals surface area contributed by atoms with Crippen LogP contribution in [0.4, 0.5) is 11.4 Å². The molecule has 3 rings (SSSR count). The fourth-order valence-corrected chi connectivity index (χ4v) is 4.30. The summed E-state index contributed by atoms with van der Waals surface area (Å²) < 4.78 is 26.4. The molecule has 0 fully saturated rings. The topological polar surface area (TPSA) is 66.5 Å². The quantitative estimate of drug-likeness (QED) is 0.582. The lowest BCUT2D eigenvalue weighted by Crippen LogP contribution is -2.30. The summed E-state index contributed by atoms with van der Waals surface area (Å²) in [7, 11) is -3.48. The predicted molar refractivity (Wildman–Crippen MR) is 127 cm³/mol. The van der Waals surface area contributed by atoms with Gasteiger partial charge in [0, 0.05) is 11.3 Å². The molecule has 0 unspecified atom stereocenters. The maximum Gasteiger partial charge on any atom is 0.255 e. The molecule has 1 amide bonds. The van der Waals surface area contributed by atoms with E-state index < -0.39 is 10.0 Å². The van der Waals surface area contributed by atoms with E-state index in [0.29, 0.717) is 11.3 Å². The van der Waals surface area contributed by atoms with E-state index in [4.69, 9.17) is 0 Å². The predicted octanol–water partition coefficient (Wildman–Crippen LogP) is 5.14. The Morgan fingerprint density at radius 1 is 0.839 bits per heavy atom. The maximum absolute atomic E-state index is 12.7. The number of carbonyl (C=O) groups excluding carboxylic acids is 1. The Morgan fingerprint density at radius 2 is 1.42 bits per heavy atom. The van der Waals surface area contributed by atoms with Gasteiger partial charge in [-0.25, -0.2) is 8.42 Å². The first-order chi connectivity index (χ1) is 14.5. The number of anilines is 2. The van der Waals surface area contributed by atoms with Crippen molar-refractivity contribution in [1.29, 1.82) is 0 Å². The molecule has 3 aromatic carbocycles. The van der Waals surface area contributed by atoms with Crippen LogP contribution >= 0.6 is 0 Å². The number of aryl methyl sites for hydroxylation is 4. The largest absolute Gasteiger partial charge is 0.322 e. The van der Waals surface area contributed by atoms with E-state index in [-0.39, 0.29) is 12.5 Å². The molecular formula is C25H28N2O3S. The summed E-state index contributed by atoms with van der Waals surface area (Å²) in [6.45, 7) is 7.96. The second-order valence-electron chi connectivity index (χ2n) is 8.03. The Hall–Kier alpha value is -3.12. The zero-order valence-electron chi connectivity index (χ0n) is 18.6. The van der Waals surface area contributed by atoms with Crippen molar-refractivity contribution in [3.63, 3.8) is 0 Å². The Morgan fingerprint density at radius 3 is 2.03 bits per heavy atom. The fourth-order valence-electron chi connectivity index (χ4n) is 3.36. The minimum atomic E-state index is -3.48. The molecule has 0 aliphatic carbocycles. The molecule has 0 saturated heterocycles. The maximum atomic E-state index is 12.7. The lowest BCUT2D eigenvalue weighted by molar-refractivity contribution is 0.102. The van der Waals surface area contributed by atoms with Crippen LogP contribution in [0, 0.1) is 27.7 Å². The molecular weight excluding hydrogens is 408 g/mol. The van der Waals surface area contributed by atoms with Gasteiger partial charge in [0.25, 0.3) is 5.91 Å². The van der Waals surface area contributed by atoms with Gasteiger partial charge in [-0.15, -0.1) is 0 Å². The van der Waals surface area contributed by atoms with Crippen molar-refractivity contribution >= 4 is 27.3 Å². The molecule has 0 spiro atoms. The number of benzene rings is 3. The molecule has 0 bridgehead atoms. The molecule has 31 heavy (non-hydrogen) atoms. The summed E-state index contributed by atoms with van der Waals surface area (Å²) in [4.78, 5) is 12.7. The molecule has 3 aromatic rings. The molecule has 0 radical (unpaired) electrons. The first-order valence-corrected chi connectivity index (χ1v) is 11.9. The number of hydrogen-bond donors (Lipinski definition) is 1. The lowest BCUT2D eigenvalue weighted by Gasteiger charge is -2.25. The third-order valence-corrected chi connectivity index (χ3v) is 6.34. The molecule has 0 aromatic heterocycles. The van der Waals surface area contributed by atoms with Gasteiger partial charge in [0.15, 0.2) is 0 Å². The van der Waals surface area contributed by atoms with Crippen molar-refractivity contribution in [2.75, 3.05) is 15.9 Å². The number of nitrogens with zero attached hydrogens (tertiary/aromatic N) is 1. The van der Waals surface area contributed by atoms with Crippen molar-refractivity contribution in [2.24, 2.45) is 0 Å². The lowest BCUT2D eigenvalue weighted by atomic mass is 10.1. The minimum absolute atomic E-state index is 0.196. The first kappa shape index (κ1) is 22.6. The minimum Gasteiger partial charge on any atom is -0.322 e. The van der Waals surface area contributed by atoms with Crippen molar-refractivity contribution in [3.8, 4) is 0 Å². The van der Waals surface area contributed by atoms with Crippen LogP contribution in [0.1, 0.15) is 38.2 Å². The van der Waals surface area contributed by atoms with Crippen LogP contribution in [0.15, 0.2) is 60.7 Å². The average molecular weight is 437 g/mol. The Bertz CT molecular complexity index is 1220. The Balaban J connectivity index is 1.82. The highest BCUT2D eigenvalue weighted by Gasteiger charge is 2.20. The smallest absolute Gasteiger partial charge is 0.255 e. The van der Waals surface area contributed by atoms with Crippen molar-refractivity contribution < 1.29 is 13.2 Å². The van der Waals surface area contributed by atoms with Crippen LogP contribution in [0.25, 0.3) is 0 Å². The number of sulfonamides is 1. The summed E-state index contributed by atoms with van der Waals surface area (Å²) in [5, 5.41) is 2.95. The number of carbonyl (C=O) groups is 1. The van der Waals surface area contributed by atoms with Crippen LogP contribution in [0.5, 0.6) is 0 Å². The summed E-state index contributed by atoms with van der Waals surface area (Å²) in [5.74, 6) is -0.199. The zero-order valence-corrected chi connectivity index (χ0v) is 19.4. The first-order valence-electron chi connectivity index (χ1n) is 10.1.